The minimum absolute atomic E-state index is 0.0863. The summed E-state index contributed by atoms with van der Waals surface area (Å²) in [7, 11) is 0. The summed E-state index contributed by atoms with van der Waals surface area (Å²) in [5, 5.41) is 0. The van der Waals surface area contributed by atoms with Crippen molar-refractivity contribution in [3.05, 3.63) is 78.7 Å². The van der Waals surface area contributed by atoms with Crippen LogP contribution in [0.15, 0.2) is 60.7 Å². The second-order valence-corrected chi connectivity index (χ2v) is 6.29. The van der Waals surface area contributed by atoms with E-state index in [0.717, 1.165) is 6.42 Å². The Balaban J connectivity index is 2.12. The smallest absolute Gasteiger partial charge is 0.0231 e. The van der Waals surface area contributed by atoms with Crippen LogP contribution in [0.3, 0.4) is 0 Å². The lowest BCUT2D eigenvalue weighted by molar-refractivity contribution is 0.238. The van der Waals surface area contributed by atoms with E-state index in [0.29, 0.717) is 5.92 Å². The lowest BCUT2D eigenvalue weighted by Gasteiger charge is -2.43. The summed E-state index contributed by atoms with van der Waals surface area (Å²) in [4.78, 5) is 0. The Labute approximate surface area is 129 Å². The SMILES string of the molecule is [CH2]CC(c1ccccc1)(c1ccccc1)C1CCCCC1. The van der Waals surface area contributed by atoms with Gasteiger partial charge >= 0.3 is 0 Å². The van der Waals surface area contributed by atoms with Crippen LogP contribution in [0.4, 0.5) is 0 Å². The molecular weight excluding hydrogens is 252 g/mol. The zero-order chi connectivity index (χ0) is 14.5. The number of hydrogen-bond acceptors (Lipinski definition) is 0. The van der Waals surface area contributed by atoms with Crippen LogP contribution in [0.1, 0.15) is 49.7 Å². The number of rotatable bonds is 4. The molecule has 1 fully saturated rings. The highest BCUT2D eigenvalue weighted by atomic mass is 14.4. The molecule has 0 nitrogen and oxygen atoms in total. The molecule has 0 unspecified atom stereocenters. The standard InChI is InChI=1S/C21H25/c1-2-21(18-12-6-3-7-13-18,19-14-8-4-9-15-19)20-16-10-5-11-17-20/h3-4,6-9,12-15,20H,1-2,5,10-11,16-17H2. The second kappa shape index (κ2) is 6.47. The van der Waals surface area contributed by atoms with E-state index in [1.54, 1.807) is 0 Å². The molecule has 1 aliphatic rings. The Morgan fingerprint density at radius 2 is 1.24 bits per heavy atom. The van der Waals surface area contributed by atoms with Crippen molar-refractivity contribution in [2.75, 3.05) is 0 Å². The quantitative estimate of drug-likeness (QED) is 0.664. The molecule has 0 spiro atoms. The van der Waals surface area contributed by atoms with E-state index in [2.05, 4.69) is 67.6 Å². The maximum atomic E-state index is 4.39. The summed E-state index contributed by atoms with van der Waals surface area (Å²) in [6, 6.07) is 22.1. The van der Waals surface area contributed by atoms with Crippen molar-refractivity contribution < 1.29 is 0 Å². The van der Waals surface area contributed by atoms with Crippen LogP contribution in [0, 0.1) is 12.8 Å². The minimum atomic E-state index is 0.0863. The molecule has 21 heavy (non-hydrogen) atoms. The van der Waals surface area contributed by atoms with Gasteiger partial charge in [-0.25, -0.2) is 0 Å². The van der Waals surface area contributed by atoms with Gasteiger partial charge in [0.25, 0.3) is 0 Å². The van der Waals surface area contributed by atoms with Gasteiger partial charge in [-0.15, -0.1) is 0 Å². The maximum Gasteiger partial charge on any atom is 0.0231 e. The molecule has 109 valence electrons. The van der Waals surface area contributed by atoms with Gasteiger partial charge in [-0.2, -0.15) is 0 Å². The summed E-state index contributed by atoms with van der Waals surface area (Å²) in [6.07, 6.45) is 7.73. The largest absolute Gasteiger partial charge is 0.0622 e. The lowest BCUT2D eigenvalue weighted by Crippen LogP contribution is -2.37. The summed E-state index contributed by atoms with van der Waals surface area (Å²) in [5.74, 6) is 0.716. The molecule has 0 aromatic heterocycles. The number of hydrogen-bond donors (Lipinski definition) is 0. The molecule has 0 bridgehead atoms. The fraction of sp³-hybridized carbons (Fsp3) is 0.381. The molecule has 0 amide bonds. The van der Waals surface area contributed by atoms with Crippen LogP contribution < -0.4 is 0 Å². The second-order valence-electron chi connectivity index (χ2n) is 6.29. The predicted octanol–water partition coefficient (Wildman–Crippen LogP) is 5.78. The van der Waals surface area contributed by atoms with Crippen LogP contribution in [-0.4, -0.2) is 0 Å². The minimum Gasteiger partial charge on any atom is -0.0622 e. The third-order valence-electron chi connectivity index (χ3n) is 5.27. The first-order valence-electron chi connectivity index (χ1n) is 8.28. The molecule has 1 aliphatic carbocycles. The van der Waals surface area contributed by atoms with Crippen molar-refractivity contribution in [1.29, 1.82) is 0 Å². The molecule has 0 heterocycles. The van der Waals surface area contributed by atoms with Gasteiger partial charge in [0, 0.05) is 5.41 Å². The zero-order valence-corrected chi connectivity index (χ0v) is 12.8. The normalized spacial score (nSPS) is 16.8. The van der Waals surface area contributed by atoms with E-state index in [-0.39, 0.29) is 5.41 Å². The number of benzene rings is 2. The Morgan fingerprint density at radius 3 is 1.67 bits per heavy atom. The summed E-state index contributed by atoms with van der Waals surface area (Å²) in [6.45, 7) is 4.39. The highest BCUT2D eigenvalue weighted by molar-refractivity contribution is 5.40. The van der Waals surface area contributed by atoms with Crippen molar-refractivity contribution >= 4 is 0 Å². The molecule has 0 N–H and O–H groups in total. The van der Waals surface area contributed by atoms with Gasteiger partial charge in [0.15, 0.2) is 0 Å². The Kier molecular flexibility index (Phi) is 4.43. The van der Waals surface area contributed by atoms with E-state index in [4.69, 9.17) is 0 Å². The Bertz CT molecular complexity index is 495. The van der Waals surface area contributed by atoms with Crippen LogP contribution in [0.2, 0.25) is 0 Å². The summed E-state index contributed by atoms with van der Waals surface area (Å²) >= 11 is 0. The van der Waals surface area contributed by atoms with E-state index in [1.807, 2.05) is 0 Å². The average molecular weight is 277 g/mol. The Morgan fingerprint density at radius 1 is 0.762 bits per heavy atom. The summed E-state index contributed by atoms with van der Waals surface area (Å²) in [5.41, 5.74) is 2.97. The van der Waals surface area contributed by atoms with E-state index < -0.39 is 0 Å². The molecular formula is C21H25. The molecule has 0 aliphatic heterocycles. The van der Waals surface area contributed by atoms with Gasteiger partial charge < -0.3 is 0 Å². The van der Waals surface area contributed by atoms with Crippen LogP contribution in [-0.2, 0) is 5.41 Å². The monoisotopic (exact) mass is 277 g/mol. The van der Waals surface area contributed by atoms with Crippen LogP contribution in [0.5, 0.6) is 0 Å². The van der Waals surface area contributed by atoms with E-state index >= 15 is 0 Å². The molecule has 0 heteroatoms. The topological polar surface area (TPSA) is 0 Å². The maximum absolute atomic E-state index is 4.39. The fourth-order valence-corrected chi connectivity index (χ4v) is 4.20. The first-order chi connectivity index (χ1) is 10.4. The van der Waals surface area contributed by atoms with Crippen molar-refractivity contribution in [2.24, 2.45) is 5.92 Å². The molecule has 3 rings (SSSR count). The van der Waals surface area contributed by atoms with Gasteiger partial charge in [-0.3, -0.25) is 0 Å². The fourth-order valence-electron chi connectivity index (χ4n) is 4.20. The van der Waals surface area contributed by atoms with Crippen LogP contribution in [0.25, 0.3) is 0 Å². The molecule has 2 aromatic rings. The van der Waals surface area contributed by atoms with Gasteiger partial charge in [-0.1, -0.05) is 86.8 Å². The molecule has 0 saturated heterocycles. The van der Waals surface area contributed by atoms with Gasteiger partial charge in [0.2, 0.25) is 0 Å². The molecule has 2 aromatic carbocycles. The molecule has 0 atom stereocenters. The van der Waals surface area contributed by atoms with Gasteiger partial charge in [0.05, 0.1) is 0 Å². The van der Waals surface area contributed by atoms with Crippen LogP contribution >= 0.6 is 0 Å². The highest BCUT2D eigenvalue weighted by Crippen LogP contribution is 2.47. The van der Waals surface area contributed by atoms with Crippen molar-refractivity contribution in [2.45, 2.75) is 43.9 Å². The van der Waals surface area contributed by atoms with Gasteiger partial charge in [-0.05, 0) is 36.3 Å². The summed E-state index contributed by atoms with van der Waals surface area (Å²) < 4.78 is 0. The highest BCUT2D eigenvalue weighted by Gasteiger charge is 2.40. The van der Waals surface area contributed by atoms with E-state index in [9.17, 15) is 0 Å². The lowest BCUT2D eigenvalue weighted by atomic mass is 9.60. The van der Waals surface area contributed by atoms with Crippen molar-refractivity contribution in [3.8, 4) is 0 Å². The third kappa shape index (κ3) is 2.64. The molecule has 1 radical (unpaired) electrons. The zero-order valence-electron chi connectivity index (χ0n) is 12.8. The van der Waals surface area contributed by atoms with Crippen molar-refractivity contribution in [3.63, 3.8) is 0 Å². The third-order valence-corrected chi connectivity index (χ3v) is 5.27. The average Bonchev–Trinajstić information content (AvgIpc) is 2.59. The molecule has 1 saturated carbocycles. The predicted molar refractivity (Wildman–Crippen MR) is 90.2 cm³/mol. The Hall–Kier alpha value is -1.56. The van der Waals surface area contributed by atoms with Gasteiger partial charge in [0.1, 0.15) is 0 Å². The van der Waals surface area contributed by atoms with Crippen molar-refractivity contribution in [1.82, 2.24) is 0 Å². The first-order valence-corrected chi connectivity index (χ1v) is 8.28. The van der Waals surface area contributed by atoms with E-state index in [1.165, 1.54) is 43.2 Å². The first kappa shape index (κ1) is 14.4.